The minimum Gasteiger partial charge on any atom is -0.480 e. The summed E-state index contributed by atoms with van der Waals surface area (Å²) in [5, 5.41) is 11.8. The summed E-state index contributed by atoms with van der Waals surface area (Å²) in [6.45, 7) is 0.123. The fraction of sp³-hybridized carbons (Fsp3) is 0.526. The number of benzene rings is 1. The van der Waals surface area contributed by atoms with Gasteiger partial charge in [0.05, 0.1) is 5.02 Å². The first kappa shape index (κ1) is 19.6. The zero-order valence-corrected chi connectivity index (χ0v) is 15.5. The minimum absolute atomic E-state index is 0.0210. The second kappa shape index (κ2) is 8.25. The van der Waals surface area contributed by atoms with Crippen LogP contribution in [0.4, 0.5) is 4.39 Å². The Kier molecular flexibility index (Phi) is 5.99. The summed E-state index contributed by atoms with van der Waals surface area (Å²) in [7, 11) is 0. The maximum absolute atomic E-state index is 13.6. The van der Waals surface area contributed by atoms with E-state index in [-0.39, 0.29) is 29.9 Å². The number of hydrogen-bond donors (Lipinski definition) is 2. The molecule has 2 amide bonds. The fourth-order valence-corrected chi connectivity index (χ4v) is 3.64. The Morgan fingerprint density at radius 1 is 1.33 bits per heavy atom. The lowest BCUT2D eigenvalue weighted by atomic mass is 10.1. The maximum Gasteiger partial charge on any atom is 0.326 e. The summed E-state index contributed by atoms with van der Waals surface area (Å²) >= 11 is 5.97. The molecule has 2 atom stereocenters. The van der Waals surface area contributed by atoms with Crippen LogP contribution in [-0.2, 0) is 20.9 Å². The molecule has 0 bridgehead atoms. The lowest BCUT2D eigenvalue weighted by molar-refractivity contribution is -0.142. The number of nitrogens with zero attached hydrogens (tertiary/aromatic N) is 1. The van der Waals surface area contributed by atoms with Crippen LogP contribution in [0.15, 0.2) is 18.2 Å². The Bertz CT molecular complexity index is 753. The summed E-state index contributed by atoms with van der Waals surface area (Å²) < 4.78 is 13.6. The van der Waals surface area contributed by atoms with Crippen LogP contribution in [0.2, 0.25) is 5.02 Å². The molecular weight excluding hydrogens is 375 g/mol. The van der Waals surface area contributed by atoms with Crippen LogP contribution in [0, 0.1) is 11.7 Å². The molecule has 2 aliphatic rings. The summed E-state index contributed by atoms with van der Waals surface area (Å²) in [6, 6.07) is 3.16. The van der Waals surface area contributed by atoms with Crippen LogP contribution in [-0.4, -0.2) is 39.9 Å². The van der Waals surface area contributed by atoms with Gasteiger partial charge in [0.15, 0.2) is 0 Å². The summed E-state index contributed by atoms with van der Waals surface area (Å²) in [5.74, 6) is -1.74. The molecule has 1 aromatic rings. The van der Waals surface area contributed by atoms with Gasteiger partial charge in [-0.25, -0.2) is 9.18 Å². The van der Waals surface area contributed by atoms with Crippen molar-refractivity contribution in [1.29, 1.82) is 0 Å². The molecule has 1 aliphatic carbocycles. The first-order valence-electron chi connectivity index (χ1n) is 9.09. The van der Waals surface area contributed by atoms with Gasteiger partial charge < -0.3 is 15.3 Å². The Morgan fingerprint density at radius 2 is 2.07 bits per heavy atom. The van der Waals surface area contributed by atoms with Gasteiger partial charge in [0, 0.05) is 25.4 Å². The highest BCUT2D eigenvalue weighted by molar-refractivity contribution is 6.31. The first-order chi connectivity index (χ1) is 12.8. The molecule has 3 rings (SSSR count). The third-order valence-electron chi connectivity index (χ3n) is 5.15. The summed E-state index contributed by atoms with van der Waals surface area (Å²) in [5.41, 5.74) is 0.481. The quantitative estimate of drug-likeness (QED) is 0.707. The van der Waals surface area contributed by atoms with Gasteiger partial charge in [-0.1, -0.05) is 36.6 Å². The van der Waals surface area contributed by atoms with E-state index in [1.54, 1.807) is 6.07 Å². The Labute approximate surface area is 161 Å². The largest absolute Gasteiger partial charge is 0.480 e. The van der Waals surface area contributed by atoms with Gasteiger partial charge in [-0.2, -0.15) is 0 Å². The number of carboxylic acid groups (broad SMARTS) is 1. The van der Waals surface area contributed by atoms with Crippen LogP contribution in [0.3, 0.4) is 0 Å². The normalized spacial score (nSPS) is 20.6. The molecule has 0 unspecified atom stereocenters. The molecular formula is C19H22ClFN2O4. The van der Waals surface area contributed by atoms with E-state index in [1.165, 1.54) is 17.0 Å². The smallest absolute Gasteiger partial charge is 0.326 e. The number of hydrogen-bond acceptors (Lipinski definition) is 3. The van der Waals surface area contributed by atoms with Crippen molar-refractivity contribution < 1.29 is 23.9 Å². The second-order valence-corrected chi connectivity index (χ2v) is 7.65. The van der Waals surface area contributed by atoms with Crippen molar-refractivity contribution in [3.8, 4) is 0 Å². The first-order valence-corrected chi connectivity index (χ1v) is 9.47. The van der Waals surface area contributed by atoms with Crippen molar-refractivity contribution in [2.45, 2.75) is 57.2 Å². The number of rotatable bonds is 8. The zero-order chi connectivity index (χ0) is 19.6. The minimum atomic E-state index is -1.04. The number of likely N-dealkylation sites (tertiary alicyclic amines) is 1. The van der Waals surface area contributed by atoms with E-state index in [0.717, 1.165) is 12.8 Å². The average molecular weight is 397 g/mol. The van der Waals surface area contributed by atoms with E-state index in [0.29, 0.717) is 30.7 Å². The van der Waals surface area contributed by atoms with Crippen LogP contribution in [0.1, 0.15) is 44.1 Å². The van der Waals surface area contributed by atoms with Crippen molar-refractivity contribution in [3.05, 3.63) is 34.6 Å². The van der Waals surface area contributed by atoms with E-state index in [1.807, 2.05) is 0 Å². The third kappa shape index (κ3) is 4.97. The van der Waals surface area contributed by atoms with Crippen LogP contribution in [0.25, 0.3) is 0 Å². The number of aliphatic carboxylic acids is 1. The third-order valence-corrected chi connectivity index (χ3v) is 5.57. The molecule has 146 valence electrons. The van der Waals surface area contributed by atoms with Crippen molar-refractivity contribution in [2.24, 2.45) is 5.92 Å². The maximum atomic E-state index is 13.6. The fourth-order valence-electron chi connectivity index (χ4n) is 3.45. The lowest BCUT2D eigenvalue weighted by Gasteiger charge is -2.25. The molecule has 2 fully saturated rings. The zero-order valence-electron chi connectivity index (χ0n) is 14.8. The predicted octanol–water partition coefficient (Wildman–Crippen LogP) is 2.73. The van der Waals surface area contributed by atoms with Crippen molar-refractivity contribution in [3.63, 3.8) is 0 Å². The van der Waals surface area contributed by atoms with Gasteiger partial charge in [0.1, 0.15) is 11.9 Å². The number of carbonyl (C=O) groups excluding carboxylic acids is 2. The van der Waals surface area contributed by atoms with Crippen molar-refractivity contribution in [1.82, 2.24) is 10.2 Å². The predicted molar refractivity (Wildman–Crippen MR) is 96.5 cm³/mol. The van der Waals surface area contributed by atoms with E-state index in [4.69, 9.17) is 11.6 Å². The van der Waals surface area contributed by atoms with Gasteiger partial charge in [0.25, 0.3) is 0 Å². The van der Waals surface area contributed by atoms with Crippen molar-refractivity contribution in [2.75, 3.05) is 0 Å². The molecule has 1 aromatic carbocycles. The molecule has 1 saturated carbocycles. The van der Waals surface area contributed by atoms with Gasteiger partial charge in [-0.3, -0.25) is 9.59 Å². The highest BCUT2D eigenvalue weighted by Crippen LogP contribution is 2.33. The molecule has 8 heteroatoms. The van der Waals surface area contributed by atoms with E-state index in [9.17, 15) is 23.9 Å². The van der Waals surface area contributed by atoms with E-state index >= 15 is 0 Å². The topological polar surface area (TPSA) is 86.7 Å². The average Bonchev–Trinajstić information content (AvgIpc) is 3.37. The number of nitrogens with one attached hydrogen (secondary N) is 1. The monoisotopic (exact) mass is 396 g/mol. The van der Waals surface area contributed by atoms with Crippen LogP contribution >= 0.6 is 11.6 Å². The second-order valence-electron chi connectivity index (χ2n) is 7.27. The van der Waals surface area contributed by atoms with Gasteiger partial charge in [-0.15, -0.1) is 0 Å². The highest BCUT2D eigenvalue weighted by atomic mass is 35.5. The summed E-state index contributed by atoms with van der Waals surface area (Å²) in [6.07, 6.45) is 3.26. The summed E-state index contributed by atoms with van der Waals surface area (Å²) in [4.78, 5) is 37.4. The van der Waals surface area contributed by atoms with E-state index in [2.05, 4.69) is 5.32 Å². The molecule has 6 nitrogen and oxygen atoms in total. The molecule has 27 heavy (non-hydrogen) atoms. The standard InChI is InChI=1S/C19H22ClFN2O4/c20-18-12(2-1-3-14(18)21)10-23-13(6-7-17(23)25)9-16(24)22-15(19(26)27)8-11-4-5-11/h1-3,11,13,15H,4-10H2,(H,22,24)(H,26,27)/t13-,15-/m0/s1. The van der Waals surface area contributed by atoms with Crippen molar-refractivity contribution >= 4 is 29.4 Å². The van der Waals surface area contributed by atoms with Gasteiger partial charge in [0.2, 0.25) is 11.8 Å². The number of carboxylic acids is 1. The van der Waals surface area contributed by atoms with Crippen LogP contribution in [0.5, 0.6) is 0 Å². The lowest BCUT2D eigenvalue weighted by Crippen LogP contribution is -2.44. The Hall–Kier alpha value is -2.15. The molecule has 1 heterocycles. The molecule has 1 saturated heterocycles. The van der Waals surface area contributed by atoms with Gasteiger partial charge in [-0.05, 0) is 30.4 Å². The number of halogens is 2. The molecule has 2 N–H and O–H groups in total. The molecule has 1 aliphatic heterocycles. The number of carbonyl (C=O) groups is 3. The molecule has 0 spiro atoms. The van der Waals surface area contributed by atoms with Gasteiger partial charge >= 0.3 is 5.97 Å². The van der Waals surface area contributed by atoms with Crippen LogP contribution < -0.4 is 5.32 Å². The SMILES string of the molecule is O=C(C[C@@H]1CCC(=O)N1Cc1cccc(F)c1Cl)N[C@@H](CC1CC1)C(=O)O. The number of amides is 2. The Balaban J connectivity index is 1.62. The molecule has 0 radical (unpaired) electrons. The highest BCUT2D eigenvalue weighted by Gasteiger charge is 2.35. The Morgan fingerprint density at radius 3 is 2.74 bits per heavy atom. The molecule has 0 aromatic heterocycles. The van der Waals surface area contributed by atoms with E-state index < -0.39 is 23.7 Å².